The summed E-state index contributed by atoms with van der Waals surface area (Å²) in [7, 11) is 0. The Bertz CT molecular complexity index is 399. The van der Waals surface area contributed by atoms with Gasteiger partial charge in [0, 0.05) is 0 Å². The van der Waals surface area contributed by atoms with Gasteiger partial charge in [-0.05, 0) is 0 Å². The van der Waals surface area contributed by atoms with Gasteiger partial charge in [0.05, 0.1) is 13.2 Å². The molecule has 9 atom stereocenters. The van der Waals surface area contributed by atoms with Crippen LogP contribution in [0.25, 0.3) is 0 Å². The summed E-state index contributed by atoms with van der Waals surface area (Å²) in [5, 5.41) is 76.7. The van der Waals surface area contributed by atoms with Gasteiger partial charge in [-0.2, -0.15) is 0 Å². The van der Waals surface area contributed by atoms with Crippen LogP contribution in [0.5, 0.6) is 0 Å². The van der Waals surface area contributed by atoms with E-state index in [0.29, 0.717) is 0 Å². The van der Waals surface area contributed by atoms with Crippen LogP contribution in [0.3, 0.4) is 0 Å². The Morgan fingerprint density at radius 1 is 0.792 bits per heavy atom. The van der Waals surface area contributed by atoms with E-state index in [-0.39, 0.29) is 23.1 Å². The lowest BCUT2D eigenvalue weighted by Gasteiger charge is -2.43. The van der Waals surface area contributed by atoms with Crippen molar-refractivity contribution in [1.82, 2.24) is 0 Å². The van der Waals surface area contributed by atoms with Crippen LogP contribution in [0, 0.1) is 0 Å². The fourth-order valence-corrected chi connectivity index (χ4v) is 2.63. The highest BCUT2D eigenvalue weighted by atomic mass is 24.3. The van der Waals surface area contributed by atoms with Crippen LogP contribution in [0.4, 0.5) is 0 Å². The zero-order chi connectivity index (χ0) is 17.4. The summed E-state index contributed by atoms with van der Waals surface area (Å²) >= 11 is 0. The molecule has 0 radical (unpaired) electrons. The van der Waals surface area contributed by atoms with Crippen LogP contribution in [0.1, 0.15) is 0 Å². The van der Waals surface area contributed by atoms with Crippen molar-refractivity contribution in [2.24, 2.45) is 0 Å². The first-order chi connectivity index (χ1) is 10.8. The van der Waals surface area contributed by atoms with E-state index in [1.165, 1.54) is 0 Å². The lowest BCUT2D eigenvalue weighted by molar-refractivity contribution is -0.383. The number of hydrogen-bond acceptors (Lipinski definition) is 11. The average molecular weight is 369 g/mol. The Labute approximate surface area is 153 Å². The van der Waals surface area contributed by atoms with Crippen molar-refractivity contribution in [3.63, 3.8) is 0 Å². The van der Waals surface area contributed by atoms with Crippen molar-refractivity contribution < 1.29 is 55.1 Å². The quantitative estimate of drug-likeness (QED) is 0.215. The smallest absolute Gasteiger partial charge is 0.316 e. The van der Waals surface area contributed by atoms with E-state index in [1.807, 2.05) is 0 Å². The largest absolute Gasteiger partial charge is 0.394 e. The highest BCUT2D eigenvalue weighted by Gasteiger charge is 2.58. The molecule has 12 heteroatoms. The first kappa shape index (κ1) is 22.4. The highest BCUT2D eigenvalue weighted by molar-refractivity contribution is 5.75. The molecular weight excluding hydrogens is 344 g/mol. The van der Waals surface area contributed by atoms with Gasteiger partial charge in [-0.25, -0.2) is 0 Å². The normalized spacial score (nSPS) is 49.0. The zero-order valence-electron chi connectivity index (χ0n) is 12.0. The second-order valence-electron chi connectivity index (χ2n) is 5.56. The van der Waals surface area contributed by atoms with Crippen LogP contribution in [-0.2, 0) is 14.2 Å². The van der Waals surface area contributed by atoms with E-state index in [4.69, 9.17) is 24.4 Å². The maximum Gasteiger partial charge on any atom is 0.316 e. The molecule has 0 aromatic heterocycles. The summed E-state index contributed by atoms with van der Waals surface area (Å²) < 4.78 is 15.4. The van der Waals surface area contributed by atoms with Crippen molar-refractivity contribution in [1.29, 1.82) is 0 Å². The molecule has 2 fully saturated rings. The number of aliphatic hydroxyl groups is 8. The molecule has 0 amide bonds. The number of hydrogen-bond donors (Lipinski definition) is 8. The number of rotatable bonds is 5. The summed E-state index contributed by atoms with van der Waals surface area (Å²) in [5.41, 5.74) is 0. The summed E-state index contributed by atoms with van der Waals surface area (Å²) in [6.45, 7) is -2.32. The monoisotopic (exact) mass is 368 g/mol. The highest BCUT2D eigenvalue weighted by Crippen LogP contribution is 2.35. The van der Waals surface area contributed by atoms with Crippen LogP contribution in [-0.4, -0.2) is 139 Å². The van der Waals surface area contributed by atoms with Crippen molar-refractivity contribution in [3.8, 4) is 0 Å². The van der Waals surface area contributed by atoms with Crippen molar-refractivity contribution in [3.05, 3.63) is 0 Å². The van der Waals surface area contributed by atoms with Crippen molar-refractivity contribution >= 4 is 23.1 Å². The third kappa shape index (κ3) is 3.85. The molecule has 0 aliphatic carbocycles. The van der Waals surface area contributed by atoms with E-state index < -0.39 is 74.6 Å². The maximum absolute atomic E-state index is 10.00. The molecule has 11 nitrogen and oxygen atoms in total. The minimum Gasteiger partial charge on any atom is -0.394 e. The topological polar surface area (TPSA) is 190 Å². The molecule has 2 heterocycles. The molecule has 2 saturated heterocycles. The van der Waals surface area contributed by atoms with E-state index in [9.17, 15) is 30.6 Å². The van der Waals surface area contributed by atoms with Gasteiger partial charge in [-0.3, -0.25) is 0 Å². The van der Waals surface area contributed by atoms with Gasteiger partial charge in [0.2, 0.25) is 5.79 Å². The average Bonchev–Trinajstić information content (AvgIpc) is 2.80. The fraction of sp³-hybridized carbons (Fsp3) is 1.00. The second kappa shape index (κ2) is 8.81. The van der Waals surface area contributed by atoms with Crippen molar-refractivity contribution in [2.45, 2.75) is 54.8 Å². The van der Waals surface area contributed by atoms with Crippen LogP contribution in [0.15, 0.2) is 0 Å². The van der Waals surface area contributed by atoms with E-state index in [1.54, 1.807) is 0 Å². The fourth-order valence-electron chi connectivity index (χ4n) is 2.63. The summed E-state index contributed by atoms with van der Waals surface area (Å²) in [4.78, 5) is 0. The summed E-state index contributed by atoms with van der Waals surface area (Å²) in [6, 6.07) is 0. The molecule has 0 aromatic carbocycles. The van der Waals surface area contributed by atoms with Gasteiger partial charge in [0.25, 0.3) is 0 Å². The molecule has 140 valence electrons. The SMILES string of the molecule is OC[C@H]1O[C@@](CO)(O[C@H]2O[C@H](CO)[C@@H](O)[C@H](O)[C@H]2O)[C@@H](O)[C@@H]1O.[MgH2]. The Balaban J connectivity index is 0.00000288. The molecule has 2 aliphatic rings. The van der Waals surface area contributed by atoms with Crippen LogP contribution >= 0.6 is 0 Å². The van der Waals surface area contributed by atoms with Crippen LogP contribution < -0.4 is 0 Å². The lowest BCUT2D eigenvalue weighted by Crippen LogP contribution is -2.62. The summed E-state index contributed by atoms with van der Waals surface area (Å²) in [6.07, 6.45) is -12.7. The third-order valence-corrected chi connectivity index (χ3v) is 4.07. The minimum absolute atomic E-state index is 0. The molecule has 0 spiro atoms. The molecule has 0 saturated carbocycles. The molecule has 0 aromatic rings. The molecule has 2 rings (SSSR count). The first-order valence-corrected chi connectivity index (χ1v) is 7.05. The molecule has 0 unspecified atom stereocenters. The predicted octanol–water partition coefficient (Wildman–Crippen LogP) is -6.31. The molecule has 24 heavy (non-hydrogen) atoms. The van der Waals surface area contributed by atoms with Crippen LogP contribution in [0.2, 0.25) is 0 Å². The Hall–Kier alpha value is 0.326. The molecule has 8 N–H and O–H groups in total. The predicted molar refractivity (Wildman–Crippen MR) is 77.2 cm³/mol. The van der Waals surface area contributed by atoms with Gasteiger partial charge in [0.1, 0.15) is 49.3 Å². The van der Waals surface area contributed by atoms with Gasteiger partial charge in [-0.15, -0.1) is 0 Å². The standard InChI is InChI=1S/C12H22O11.Mg.2H/c13-1-4-6(16)8(18)9(19)11(21-4)23-12(3-15)10(20)7(17)5(2-14)22-12;;;/h4-11,13-20H,1-3H2;;;/t4-,5-,6-,7-,8+,9-,10+,11-,12+;;;/m1.../s1. The van der Waals surface area contributed by atoms with E-state index in [0.717, 1.165) is 0 Å². The summed E-state index contributed by atoms with van der Waals surface area (Å²) in [5.74, 6) is -2.22. The lowest BCUT2D eigenvalue weighted by atomic mass is 9.99. The Kier molecular flexibility index (Phi) is 8.21. The van der Waals surface area contributed by atoms with Gasteiger partial charge in [-0.1, -0.05) is 0 Å². The maximum atomic E-state index is 10.00. The van der Waals surface area contributed by atoms with Gasteiger partial charge in [0.15, 0.2) is 6.29 Å². The van der Waals surface area contributed by atoms with Gasteiger partial charge < -0.3 is 55.1 Å². The second-order valence-corrected chi connectivity index (χ2v) is 5.56. The Morgan fingerprint density at radius 2 is 1.38 bits per heavy atom. The molecule has 0 bridgehead atoms. The Morgan fingerprint density at radius 3 is 1.83 bits per heavy atom. The minimum atomic E-state index is -2.22. The molecular formula is C12H24MgO11. The van der Waals surface area contributed by atoms with E-state index in [2.05, 4.69) is 0 Å². The third-order valence-electron chi connectivity index (χ3n) is 4.07. The molecule has 2 aliphatic heterocycles. The van der Waals surface area contributed by atoms with E-state index >= 15 is 0 Å². The number of ether oxygens (including phenoxy) is 3. The zero-order valence-corrected chi connectivity index (χ0v) is 12.0. The van der Waals surface area contributed by atoms with Crippen molar-refractivity contribution in [2.75, 3.05) is 19.8 Å². The van der Waals surface area contributed by atoms with Gasteiger partial charge >= 0.3 is 23.1 Å². The first-order valence-electron chi connectivity index (χ1n) is 7.05. The number of aliphatic hydroxyl groups excluding tert-OH is 8.